The van der Waals surface area contributed by atoms with Crippen LogP contribution in [0.2, 0.25) is 0 Å². The van der Waals surface area contributed by atoms with Gasteiger partial charge in [0.15, 0.2) is 0 Å². The van der Waals surface area contributed by atoms with Gasteiger partial charge < -0.3 is 0 Å². The number of allylic oxidation sites excluding steroid dienone is 2. The Kier molecular flexibility index (Phi) is 4.73. The van der Waals surface area contributed by atoms with Crippen molar-refractivity contribution in [3.05, 3.63) is 11.4 Å². The summed E-state index contributed by atoms with van der Waals surface area (Å²) in [6.45, 7) is 0. The van der Waals surface area contributed by atoms with Gasteiger partial charge in [-0.3, -0.25) is 0 Å². The van der Waals surface area contributed by atoms with Crippen LogP contribution >= 0.6 is 8.03 Å². The molecule has 0 aliphatic heterocycles. The summed E-state index contributed by atoms with van der Waals surface area (Å²) in [6.07, 6.45) is -12.9. The van der Waals surface area contributed by atoms with Crippen LogP contribution in [0.15, 0.2) is 11.4 Å². The molecule has 0 aliphatic rings. The lowest BCUT2D eigenvalue weighted by Crippen LogP contribution is -2.09. The van der Waals surface area contributed by atoms with Crippen molar-refractivity contribution in [1.82, 2.24) is 0 Å². The van der Waals surface area contributed by atoms with E-state index in [1.54, 1.807) is 0 Å². The van der Waals surface area contributed by atoms with Crippen molar-refractivity contribution < 1.29 is 35.8 Å². The highest BCUT2D eigenvalue weighted by Crippen LogP contribution is 2.38. The van der Waals surface area contributed by atoms with Crippen molar-refractivity contribution >= 4 is 8.03 Å². The standard InChI is InChI=1S/C6H5F6O2P/c7-5(8,9)2-1-4(15(13)14)3-6(10,11)12/h1H,2-3H2/p+1. The van der Waals surface area contributed by atoms with Crippen LogP contribution in [0.5, 0.6) is 0 Å². The van der Waals surface area contributed by atoms with Gasteiger partial charge >= 0.3 is 20.4 Å². The first-order chi connectivity index (χ1) is 6.51. The van der Waals surface area contributed by atoms with Gasteiger partial charge in [-0.15, -0.1) is 0 Å². The first kappa shape index (κ1) is 14.4. The molecule has 0 aromatic carbocycles. The highest BCUT2D eigenvalue weighted by Gasteiger charge is 2.38. The second-order valence-corrected chi connectivity index (χ2v) is 3.70. The number of alkyl halides is 6. The molecule has 1 N–H and O–H groups in total. The molecule has 0 aromatic heterocycles. The van der Waals surface area contributed by atoms with Crippen molar-refractivity contribution in [3.8, 4) is 0 Å². The maximum Gasteiger partial charge on any atom is 0.541 e. The van der Waals surface area contributed by atoms with Gasteiger partial charge in [0.2, 0.25) is 5.31 Å². The lowest BCUT2D eigenvalue weighted by molar-refractivity contribution is -0.129. The Hall–Kier alpha value is -0.620. The highest BCUT2D eigenvalue weighted by atomic mass is 31.1. The Labute approximate surface area is 81.5 Å². The average Bonchev–Trinajstić information content (AvgIpc) is 1.93. The molecule has 0 spiro atoms. The van der Waals surface area contributed by atoms with Gasteiger partial charge in [0.25, 0.3) is 0 Å². The number of halogens is 6. The summed E-state index contributed by atoms with van der Waals surface area (Å²) in [6, 6.07) is 0. The quantitative estimate of drug-likeness (QED) is 0.618. The van der Waals surface area contributed by atoms with E-state index in [9.17, 15) is 30.9 Å². The normalized spacial score (nSPS) is 15.4. The molecule has 0 radical (unpaired) electrons. The van der Waals surface area contributed by atoms with E-state index >= 15 is 0 Å². The lowest BCUT2D eigenvalue weighted by atomic mass is 10.3. The van der Waals surface area contributed by atoms with Crippen LogP contribution in [-0.2, 0) is 4.57 Å². The third kappa shape index (κ3) is 8.38. The van der Waals surface area contributed by atoms with Gasteiger partial charge in [-0.05, 0) is 10.6 Å². The molecule has 0 amide bonds. The van der Waals surface area contributed by atoms with Gasteiger partial charge in [-0.2, -0.15) is 31.2 Å². The van der Waals surface area contributed by atoms with E-state index in [4.69, 9.17) is 4.89 Å². The molecule has 0 aromatic rings. The Balaban J connectivity index is 4.62. The van der Waals surface area contributed by atoms with Crippen molar-refractivity contribution in [2.75, 3.05) is 0 Å². The fourth-order valence-corrected chi connectivity index (χ4v) is 1.22. The fraction of sp³-hybridized carbons (Fsp3) is 0.667. The molecule has 0 aliphatic carbocycles. The van der Waals surface area contributed by atoms with Crippen LogP contribution in [0.4, 0.5) is 26.3 Å². The summed E-state index contributed by atoms with van der Waals surface area (Å²) in [7, 11) is -3.39. The first-order valence-electron chi connectivity index (χ1n) is 3.50. The van der Waals surface area contributed by atoms with Crippen LogP contribution in [0.1, 0.15) is 12.8 Å². The second kappa shape index (κ2) is 4.94. The van der Waals surface area contributed by atoms with Crippen LogP contribution in [0, 0.1) is 0 Å². The zero-order chi connectivity index (χ0) is 12.3. The zero-order valence-electron chi connectivity index (χ0n) is 7.06. The average molecular weight is 255 g/mol. The minimum Gasteiger partial charge on any atom is -0.171 e. The minimum atomic E-state index is -4.80. The summed E-state index contributed by atoms with van der Waals surface area (Å²) in [5.74, 6) is 0. The molecule has 1 atom stereocenters. The van der Waals surface area contributed by atoms with Crippen molar-refractivity contribution in [2.24, 2.45) is 0 Å². The van der Waals surface area contributed by atoms with Crippen LogP contribution < -0.4 is 0 Å². The molecule has 9 heteroatoms. The molecule has 0 saturated carbocycles. The van der Waals surface area contributed by atoms with E-state index in [-0.39, 0.29) is 6.08 Å². The predicted molar refractivity (Wildman–Crippen MR) is 39.3 cm³/mol. The summed E-state index contributed by atoms with van der Waals surface area (Å²) in [5, 5.41) is -1.16. The summed E-state index contributed by atoms with van der Waals surface area (Å²) < 4.78 is 80.3. The van der Waals surface area contributed by atoms with E-state index in [1.165, 1.54) is 0 Å². The van der Waals surface area contributed by atoms with Crippen molar-refractivity contribution in [2.45, 2.75) is 25.2 Å². The summed E-state index contributed by atoms with van der Waals surface area (Å²) >= 11 is 0. The van der Waals surface area contributed by atoms with Gasteiger partial charge in [0.1, 0.15) is 6.42 Å². The van der Waals surface area contributed by atoms with Crippen LogP contribution in [-0.4, -0.2) is 17.2 Å². The summed E-state index contributed by atoms with van der Waals surface area (Å²) in [4.78, 5) is 8.35. The zero-order valence-corrected chi connectivity index (χ0v) is 7.96. The van der Waals surface area contributed by atoms with Crippen LogP contribution in [0.25, 0.3) is 0 Å². The Bertz CT molecular complexity index is 266. The van der Waals surface area contributed by atoms with Crippen molar-refractivity contribution in [1.29, 1.82) is 0 Å². The molecule has 0 fully saturated rings. The molecular formula is C6H6F6O2P+. The second-order valence-electron chi connectivity index (χ2n) is 2.58. The van der Waals surface area contributed by atoms with E-state index in [2.05, 4.69) is 0 Å². The van der Waals surface area contributed by atoms with Gasteiger partial charge in [0.05, 0.1) is 6.42 Å². The summed E-state index contributed by atoms with van der Waals surface area (Å²) in [5.41, 5.74) is 0. The van der Waals surface area contributed by atoms with E-state index in [0.29, 0.717) is 0 Å². The maximum atomic E-state index is 11.7. The highest BCUT2D eigenvalue weighted by molar-refractivity contribution is 7.43. The third-order valence-electron chi connectivity index (χ3n) is 1.20. The third-order valence-corrected chi connectivity index (χ3v) is 2.03. The number of rotatable bonds is 3. The number of hydrogen-bond acceptors (Lipinski definition) is 1. The van der Waals surface area contributed by atoms with Crippen LogP contribution in [0.3, 0.4) is 0 Å². The van der Waals surface area contributed by atoms with E-state index in [1.807, 2.05) is 0 Å². The van der Waals surface area contributed by atoms with E-state index < -0.39 is 38.5 Å². The molecule has 2 nitrogen and oxygen atoms in total. The lowest BCUT2D eigenvalue weighted by Gasteiger charge is -2.03. The first-order valence-corrected chi connectivity index (χ1v) is 4.71. The van der Waals surface area contributed by atoms with E-state index in [0.717, 1.165) is 0 Å². The number of hydrogen-bond donors (Lipinski definition) is 1. The monoisotopic (exact) mass is 255 g/mol. The largest absolute Gasteiger partial charge is 0.541 e. The van der Waals surface area contributed by atoms with Gasteiger partial charge in [0, 0.05) is 0 Å². The Morgan fingerprint density at radius 1 is 1.13 bits per heavy atom. The van der Waals surface area contributed by atoms with Gasteiger partial charge in [-0.25, -0.2) is 0 Å². The predicted octanol–water partition coefficient (Wildman–Crippen LogP) is 3.51. The topological polar surface area (TPSA) is 37.3 Å². The molecule has 0 saturated heterocycles. The molecule has 1 unspecified atom stereocenters. The fourth-order valence-electron chi connectivity index (χ4n) is 0.657. The van der Waals surface area contributed by atoms with Crippen molar-refractivity contribution in [3.63, 3.8) is 0 Å². The Morgan fingerprint density at radius 2 is 1.60 bits per heavy atom. The maximum absolute atomic E-state index is 11.7. The minimum absolute atomic E-state index is 0.0895. The molecule has 0 heterocycles. The molecule has 88 valence electrons. The molecule has 0 bridgehead atoms. The van der Waals surface area contributed by atoms with Gasteiger partial charge in [-0.1, -0.05) is 0 Å². The Morgan fingerprint density at radius 3 is 1.87 bits per heavy atom. The molecule has 0 rings (SSSR count). The SMILES string of the molecule is O=[P+](O)C(=CCC(F)(F)F)CC(F)(F)F. The smallest absolute Gasteiger partial charge is 0.171 e. The molecule has 15 heavy (non-hydrogen) atoms. The molecular weight excluding hydrogens is 249 g/mol.